The number of anilines is 2. The topological polar surface area (TPSA) is 50.8 Å². The van der Waals surface area contributed by atoms with Gasteiger partial charge in [-0.15, -0.1) is 0 Å². The van der Waals surface area contributed by atoms with Gasteiger partial charge in [0.25, 0.3) is 0 Å². The zero-order chi connectivity index (χ0) is 14.7. The van der Waals surface area contributed by atoms with E-state index in [1.807, 2.05) is 24.0 Å². The molecule has 5 heteroatoms. The number of carbonyl (C=O) groups excluding carboxylic acids is 1. The van der Waals surface area contributed by atoms with Crippen LogP contribution in [0.2, 0.25) is 0 Å². The van der Waals surface area contributed by atoms with Crippen LogP contribution in [0.15, 0.2) is 12.1 Å². The van der Waals surface area contributed by atoms with Crippen molar-refractivity contribution in [1.29, 1.82) is 0 Å². The van der Waals surface area contributed by atoms with Gasteiger partial charge >= 0.3 is 0 Å². The maximum absolute atomic E-state index is 12.3. The molecule has 1 heterocycles. The Morgan fingerprint density at radius 2 is 1.90 bits per heavy atom. The highest BCUT2D eigenvalue weighted by atomic mass is 16.5. The summed E-state index contributed by atoms with van der Waals surface area (Å²) in [6.45, 7) is 4.72. The van der Waals surface area contributed by atoms with Gasteiger partial charge in [0.05, 0.1) is 25.6 Å². The monoisotopic (exact) mass is 278 g/mol. The minimum atomic E-state index is -0.225. The Bertz CT molecular complexity index is 502. The second-order valence-electron chi connectivity index (χ2n) is 4.93. The van der Waals surface area contributed by atoms with E-state index in [2.05, 4.69) is 12.2 Å². The van der Waals surface area contributed by atoms with Gasteiger partial charge in [-0.2, -0.15) is 0 Å². The third-order valence-electron chi connectivity index (χ3n) is 3.54. The summed E-state index contributed by atoms with van der Waals surface area (Å²) in [5.41, 5.74) is 1.77. The second kappa shape index (κ2) is 6.03. The minimum absolute atomic E-state index is 0.0955. The van der Waals surface area contributed by atoms with E-state index >= 15 is 0 Å². The maximum atomic E-state index is 12.3. The molecule has 0 saturated carbocycles. The first-order valence-corrected chi connectivity index (χ1v) is 6.96. The summed E-state index contributed by atoms with van der Waals surface area (Å²) in [5.74, 6) is 1.39. The second-order valence-corrected chi connectivity index (χ2v) is 4.93. The summed E-state index contributed by atoms with van der Waals surface area (Å²) >= 11 is 0. The average Bonchev–Trinajstić information content (AvgIpc) is 2.46. The van der Waals surface area contributed by atoms with Crippen molar-refractivity contribution >= 4 is 17.3 Å². The Labute approximate surface area is 119 Å². The van der Waals surface area contributed by atoms with Crippen molar-refractivity contribution in [3.05, 3.63) is 12.1 Å². The predicted octanol–water partition coefficient (Wildman–Crippen LogP) is 2.65. The number of amides is 1. The third-order valence-corrected chi connectivity index (χ3v) is 3.54. The first-order valence-electron chi connectivity index (χ1n) is 6.96. The molecule has 110 valence electrons. The zero-order valence-corrected chi connectivity index (χ0v) is 12.5. The lowest BCUT2D eigenvalue weighted by molar-refractivity contribution is -0.119. The van der Waals surface area contributed by atoms with Gasteiger partial charge in [-0.3, -0.25) is 4.79 Å². The summed E-state index contributed by atoms with van der Waals surface area (Å²) in [7, 11) is 3.21. The number of hydrogen-bond acceptors (Lipinski definition) is 4. The molecule has 0 saturated heterocycles. The number of nitrogens with zero attached hydrogens (tertiary/aromatic N) is 1. The number of hydrogen-bond donors (Lipinski definition) is 1. The number of rotatable bonds is 5. The van der Waals surface area contributed by atoms with E-state index in [1.54, 1.807) is 14.2 Å². The summed E-state index contributed by atoms with van der Waals surface area (Å²) in [4.78, 5) is 14.2. The molecule has 0 bridgehead atoms. The number of fused-ring (bicyclic) bond motifs is 1. The molecule has 0 radical (unpaired) electrons. The van der Waals surface area contributed by atoms with Crippen LogP contribution in [-0.4, -0.2) is 32.7 Å². The molecule has 1 atom stereocenters. The van der Waals surface area contributed by atoms with E-state index in [0.29, 0.717) is 11.5 Å². The molecule has 0 aromatic heterocycles. The number of ether oxygens (including phenoxy) is 2. The molecule has 1 unspecified atom stereocenters. The fourth-order valence-electron chi connectivity index (χ4n) is 2.40. The predicted molar refractivity (Wildman–Crippen MR) is 79.9 cm³/mol. The van der Waals surface area contributed by atoms with E-state index < -0.39 is 0 Å². The molecule has 1 aromatic carbocycles. The van der Waals surface area contributed by atoms with Crippen LogP contribution in [0.4, 0.5) is 11.4 Å². The maximum Gasteiger partial charge on any atom is 0.249 e. The lowest BCUT2D eigenvalue weighted by Crippen LogP contribution is -2.46. The van der Waals surface area contributed by atoms with E-state index in [1.165, 1.54) is 0 Å². The summed E-state index contributed by atoms with van der Waals surface area (Å²) in [6.07, 6.45) is 2.03. The smallest absolute Gasteiger partial charge is 0.249 e. The molecule has 1 N–H and O–H groups in total. The number of methoxy groups -OCH3 is 2. The van der Waals surface area contributed by atoms with Crippen molar-refractivity contribution in [3.63, 3.8) is 0 Å². The molecule has 5 nitrogen and oxygen atoms in total. The van der Waals surface area contributed by atoms with Gasteiger partial charge in [0.1, 0.15) is 6.04 Å². The van der Waals surface area contributed by atoms with Gasteiger partial charge in [-0.1, -0.05) is 13.3 Å². The van der Waals surface area contributed by atoms with Crippen LogP contribution in [0.3, 0.4) is 0 Å². The van der Waals surface area contributed by atoms with E-state index in [4.69, 9.17) is 9.47 Å². The van der Waals surface area contributed by atoms with E-state index in [0.717, 1.165) is 30.8 Å². The van der Waals surface area contributed by atoms with E-state index in [-0.39, 0.29) is 11.9 Å². The SMILES string of the molecule is CCCCN1C(=O)C(C)Nc2cc(OC)c(OC)cc21. The number of unbranched alkanes of at least 4 members (excludes halogenated alkanes) is 1. The van der Waals surface area contributed by atoms with Crippen molar-refractivity contribution < 1.29 is 14.3 Å². The Hall–Kier alpha value is -1.91. The Kier molecular flexibility index (Phi) is 4.37. The highest BCUT2D eigenvalue weighted by Gasteiger charge is 2.30. The lowest BCUT2D eigenvalue weighted by atomic mass is 10.1. The molecule has 20 heavy (non-hydrogen) atoms. The molecular weight excluding hydrogens is 256 g/mol. The fourth-order valence-corrected chi connectivity index (χ4v) is 2.40. The normalized spacial score (nSPS) is 17.5. The van der Waals surface area contributed by atoms with Crippen LogP contribution in [0.1, 0.15) is 26.7 Å². The molecule has 0 aliphatic carbocycles. The Balaban J connectivity index is 2.45. The zero-order valence-electron chi connectivity index (χ0n) is 12.5. The van der Waals surface area contributed by atoms with Crippen molar-refractivity contribution in [2.24, 2.45) is 0 Å². The van der Waals surface area contributed by atoms with Crippen LogP contribution in [0, 0.1) is 0 Å². The van der Waals surface area contributed by atoms with E-state index in [9.17, 15) is 4.79 Å². The van der Waals surface area contributed by atoms with Crippen LogP contribution < -0.4 is 19.7 Å². The molecule has 2 rings (SSSR count). The third kappa shape index (κ3) is 2.53. The van der Waals surface area contributed by atoms with Gasteiger partial charge in [-0.05, 0) is 13.3 Å². The molecule has 1 aliphatic heterocycles. The molecule has 0 fully saturated rings. The first-order chi connectivity index (χ1) is 9.62. The van der Waals surface area contributed by atoms with Crippen molar-refractivity contribution in [3.8, 4) is 11.5 Å². The Morgan fingerprint density at radius 1 is 1.25 bits per heavy atom. The number of nitrogens with one attached hydrogen (secondary N) is 1. The average molecular weight is 278 g/mol. The van der Waals surface area contributed by atoms with Crippen LogP contribution in [0.25, 0.3) is 0 Å². The largest absolute Gasteiger partial charge is 0.493 e. The van der Waals surface area contributed by atoms with Crippen LogP contribution in [-0.2, 0) is 4.79 Å². The van der Waals surface area contributed by atoms with Gasteiger partial charge in [0, 0.05) is 18.7 Å². The summed E-state index contributed by atoms with van der Waals surface area (Å²) in [5, 5.41) is 3.22. The number of benzene rings is 1. The van der Waals surface area contributed by atoms with Crippen molar-refractivity contribution in [2.75, 3.05) is 31.0 Å². The van der Waals surface area contributed by atoms with Crippen molar-refractivity contribution in [1.82, 2.24) is 0 Å². The fraction of sp³-hybridized carbons (Fsp3) is 0.533. The van der Waals surface area contributed by atoms with Gasteiger partial charge in [0.15, 0.2) is 11.5 Å². The van der Waals surface area contributed by atoms with Crippen molar-refractivity contribution in [2.45, 2.75) is 32.7 Å². The summed E-state index contributed by atoms with van der Waals surface area (Å²) in [6, 6.07) is 3.52. The van der Waals surface area contributed by atoms with Crippen LogP contribution in [0.5, 0.6) is 11.5 Å². The highest BCUT2D eigenvalue weighted by Crippen LogP contribution is 2.41. The minimum Gasteiger partial charge on any atom is -0.493 e. The quantitative estimate of drug-likeness (QED) is 0.899. The standard InChI is InChI=1S/C15H22N2O3/c1-5-6-7-17-12-9-14(20-4)13(19-3)8-11(12)16-10(2)15(17)18/h8-10,16H,5-7H2,1-4H3. The van der Waals surface area contributed by atoms with Gasteiger partial charge in [-0.25, -0.2) is 0 Å². The first kappa shape index (κ1) is 14.5. The Morgan fingerprint density at radius 3 is 2.50 bits per heavy atom. The molecule has 1 aliphatic rings. The molecular formula is C15H22N2O3. The van der Waals surface area contributed by atoms with Gasteiger partial charge in [0.2, 0.25) is 5.91 Å². The van der Waals surface area contributed by atoms with Crippen LogP contribution >= 0.6 is 0 Å². The summed E-state index contributed by atoms with van der Waals surface area (Å²) < 4.78 is 10.6. The lowest BCUT2D eigenvalue weighted by Gasteiger charge is -2.34. The molecule has 1 aromatic rings. The highest BCUT2D eigenvalue weighted by molar-refractivity contribution is 6.05. The molecule has 1 amide bonds. The molecule has 0 spiro atoms. The number of carbonyl (C=O) groups is 1. The van der Waals surface area contributed by atoms with Gasteiger partial charge < -0.3 is 19.7 Å².